The number of nitrogens with one attached hydrogen (secondary N) is 1. The molecule has 5 nitrogen and oxygen atoms in total. The number of anilines is 2. The van der Waals surface area contributed by atoms with Gasteiger partial charge < -0.3 is 9.88 Å². The van der Waals surface area contributed by atoms with Gasteiger partial charge in [0.2, 0.25) is 0 Å². The monoisotopic (exact) mass is 301 g/mol. The second-order valence-electron chi connectivity index (χ2n) is 5.24. The number of rotatable bonds is 4. The van der Waals surface area contributed by atoms with Gasteiger partial charge in [-0.15, -0.1) is 0 Å². The Morgan fingerprint density at radius 3 is 2.35 bits per heavy atom. The van der Waals surface area contributed by atoms with Gasteiger partial charge in [-0.25, -0.2) is 15.0 Å². The molecule has 0 aliphatic carbocycles. The van der Waals surface area contributed by atoms with Gasteiger partial charge in [0.1, 0.15) is 6.33 Å². The van der Waals surface area contributed by atoms with Gasteiger partial charge in [0.05, 0.1) is 12.9 Å². The molecule has 0 saturated carbocycles. The first-order valence-corrected chi connectivity index (χ1v) is 7.42. The van der Waals surface area contributed by atoms with E-state index in [2.05, 4.69) is 32.4 Å². The second-order valence-corrected chi connectivity index (χ2v) is 5.24. The Bertz CT molecular complexity index is 916. The Kier molecular flexibility index (Phi) is 3.44. The molecule has 4 aromatic rings. The van der Waals surface area contributed by atoms with E-state index >= 15 is 0 Å². The first kappa shape index (κ1) is 13.5. The van der Waals surface area contributed by atoms with Crippen molar-refractivity contribution < 1.29 is 0 Å². The molecule has 0 saturated heterocycles. The third-order valence-electron chi connectivity index (χ3n) is 3.63. The topological polar surface area (TPSA) is 55.6 Å². The average molecular weight is 301 g/mol. The average Bonchev–Trinajstić information content (AvgIpc) is 3.01. The molecular formula is C18H15N5. The fourth-order valence-corrected chi connectivity index (χ4v) is 2.53. The lowest BCUT2D eigenvalue weighted by atomic mass is 10.2. The summed E-state index contributed by atoms with van der Waals surface area (Å²) in [6.07, 6.45) is 3.37. The Hall–Kier alpha value is -3.21. The summed E-state index contributed by atoms with van der Waals surface area (Å²) in [6.45, 7) is 0.735. The predicted molar refractivity (Wildman–Crippen MR) is 90.6 cm³/mol. The van der Waals surface area contributed by atoms with Crippen molar-refractivity contribution in [3.63, 3.8) is 0 Å². The van der Waals surface area contributed by atoms with E-state index in [1.165, 1.54) is 5.56 Å². The summed E-state index contributed by atoms with van der Waals surface area (Å²) in [7, 11) is 0. The number of para-hydroxylation sites is 1. The van der Waals surface area contributed by atoms with E-state index in [1.807, 2.05) is 59.4 Å². The van der Waals surface area contributed by atoms with Crippen LogP contribution in [0.3, 0.4) is 0 Å². The van der Waals surface area contributed by atoms with Crippen LogP contribution in [-0.4, -0.2) is 19.5 Å². The normalized spacial score (nSPS) is 10.8. The minimum absolute atomic E-state index is 0.716. The molecule has 0 atom stereocenters. The molecule has 5 heteroatoms. The molecule has 0 radical (unpaired) electrons. The van der Waals surface area contributed by atoms with Crippen LogP contribution in [0.2, 0.25) is 0 Å². The van der Waals surface area contributed by atoms with Gasteiger partial charge in [0.15, 0.2) is 17.0 Å². The van der Waals surface area contributed by atoms with Gasteiger partial charge in [-0.1, -0.05) is 48.5 Å². The van der Waals surface area contributed by atoms with Crippen LogP contribution in [0.5, 0.6) is 0 Å². The van der Waals surface area contributed by atoms with Gasteiger partial charge in [0.25, 0.3) is 0 Å². The molecule has 2 aromatic heterocycles. The molecular weight excluding hydrogens is 286 g/mol. The van der Waals surface area contributed by atoms with Crippen LogP contribution in [-0.2, 0) is 6.54 Å². The Morgan fingerprint density at radius 2 is 1.57 bits per heavy atom. The SMILES string of the molecule is c1ccc(Cn2cnc3c(Nc4ccccc4)ncnc32)cc1. The molecule has 0 fully saturated rings. The highest BCUT2D eigenvalue weighted by Gasteiger charge is 2.10. The molecule has 4 rings (SSSR count). The van der Waals surface area contributed by atoms with E-state index in [0.717, 1.165) is 23.4 Å². The summed E-state index contributed by atoms with van der Waals surface area (Å²) in [5, 5.41) is 3.30. The summed E-state index contributed by atoms with van der Waals surface area (Å²) < 4.78 is 2.03. The summed E-state index contributed by atoms with van der Waals surface area (Å²) in [5.41, 5.74) is 3.78. The number of hydrogen-bond donors (Lipinski definition) is 1. The molecule has 23 heavy (non-hydrogen) atoms. The van der Waals surface area contributed by atoms with E-state index in [1.54, 1.807) is 6.33 Å². The smallest absolute Gasteiger partial charge is 0.165 e. The number of nitrogens with zero attached hydrogens (tertiary/aromatic N) is 4. The van der Waals surface area contributed by atoms with Gasteiger partial charge in [-0.2, -0.15) is 0 Å². The molecule has 1 N–H and O–H groups in total. The molecule has 0 aliphatic heterocycles. The number of imidazole rings is 1. The van der Waals surface area contributed by atoms with Crippen LogP contribution in [0.25, 0.3) is 11.2 Å². The number of hydrogen-bond acceptors (Lipinski definition) is 4. The Morgan fingerprint density at radius 1 is 0.826 bits per heavy atom. The van der Waals surface area contributed by atoms with E-state index in [-0.39, 0.29) is 0 Å². The van der Waals surface area contributed by atoms with Crippen LogP contribution in [0, 0.1) is 0 Å². The van der Waals surface area contributed by atoms with Crippen molar-refractivity contribution in [3.8, 4) is 0 Å². The summed E-state index contributed by atoms with van der Waals surface area (Å²) in [5.74, 6) is 0.716. The maximum atomic E-state index is 4.49. The van der Waals surface area contributed by atoms with Crippen LogP contribution in [0.4, 0.5) is 11.5 Å². The maximum absolute atomic E-state index is 4.49. The second kappa shape index (κ2) is 5.88. The first-order chi connectivity index (χ1) is 11.4. The van der Waals surface area contributed by atoms with Gasteiger partial charge in [-0.05, 0) is 17.7 Å². The van der Waals surface area contributed by atoms with Crippen molar-refractivity contribution in [2.45, 2.75) is 6.54 Å². The highest BCUT2D eigenvalue weighted by molar-refractivity contribution is 5.85. The minimum Gasteiger partial charge on any atom is -0.338 e. The molecule has 0 unspecified atom stereocenters. The van der Waals surface area contributed by atoms with E-state index < -0.39 is 0 Å². The van der Waals surface area contributed by atoms with Crippen LogP contribution < -0.4 is 5.32 Å². The van der Waals surface area contributed by atoms with Gasteiger partial charge in [-0.3, -0.25) is 0 Å². The van der Waals surface area contributed by atoms with E-state index in [9.17, 15) is 0 Å². The standard InChI is InChI=1S/C18H15N5/c1-3-7-14(8-4-1)11-23-13-21-16-17(19-12-20-18(16)23)22-15-9-5-2-6-10-15/h1-10,12-13H,11H2,(H,19,20,22). The lowest BCUT2D eigenvalue weighted by Gasteiger charge is -2.06. The zero-order chi connectivity index (χ0) is 15.5. The number of fused-ring (bicyclic) bond motifs is 1. The molecule has 0 spiro atoms. The number of aromatic nitrogens is 4. The largest absolute Gasteiger partial charge is 0.338 e. The lowest BCUT2D eigenvalue weighted by molar-refractivity contribution is 0.813. The predicted octanol–water partition coefficient (Wildman–Crippen LogP) is 3.62. The Balaban J connectivity index is 1.69. The highest BCUT2D eigenvalue weighted by atomic mass is 15.1. The van der Waals surface area contributed by atoms with Crippen LogP contribution >= 0.6 is 0 Å². The van der Waals surface area contributed by atoms with Crippen molar-refractivity contribution in [1.29, 1.82) is 0 Å². The maximum Gasteiger partial charge on any atom is 0.165 e. The van der Waals surface area contributed by atoms with Crippen molar-refractivity contribution in [2.24, 2.45) is 0 Å². The van der Waals surface area contributed by atoms with Gasteiger partial charge >= 0.3 is 0 Å². The molecule has 0 amide bonds. The van der Waals surface area contributed by atoms with Crippen LogP contribution in [0.1, 0.15) is 5.56 Å². The van der Waals surface area contributed by atoms with E-state index in [4.69, 9.17) is 0 Å². The lowest BCUT2D eigenvalue weighted by Crippen LogP contribution is -2.00. The molecule has 2 aromatic carbocycles. The summed E-state index contributed by atoms with van der Waals surface area (Å²) >= 11 is 0. The zero-order valence-corrected chi connectivity index (χ0v) is 12.4. The minimum atomic E-state index is 0.716. The Labute approximate surface area is 133 Å². The molecule has 2 heterocycles. The summed E-state index contributed by atoms with van der Waals surface area (Å²) in [4.78, 5) is 13.2. The van der Waals surface area contributed by atoms with E-state index in [0.29, 0.717) is 5.82 Å². The van der Waals surface area contributed by atoms with Crippen molar-refractivity contribution in [1.82, 2.24) is 19.5 Å². The van der Waals surface area contributed by atoms with Crippen molar-refractivity contribution in [2.75, 3.05) is 5.32 Å². The van der Waals surface area contributed by atoms with Crippen molar-refractivity contribution >= 4 is 22.7 Å². The molecule has 112 valence electrons. The summed E-state index contributed by atoms with van der Waals surface area (Å²) in [6, 6.07) is 20.2. The fraction of sp³-hybridized carbons (Fsp3) is 0.0556. The highest BCUT2D eigenvalue weighted by Crippen LogP contribution is 2.22. The fourth-order valence-electron chi connectivity index (χ4n) is 2.53. The molecule has 0 aliphatic rings. The molecule has 0 bridgehead atoms. The zero-order valence-electron chi connectivity index (χ0n) is 12.4. The third-order valence-corrected chi connectivity index (χ3v) is 3.63. The quantitative estimate of drug-likeness (QED) is 0.625. The van der Waals surface area contributed by atoms with Crippen LogP contribution in [0.15, 0.2) is 73.3 Å². The third kappa shape index (κ3) is 2.76. The number of benzene rings is 2. The first-order valence-electron chi connectivity index (χ1n) is 7.42. The van der Waals surface area contributed by atoms with Crippen molar-refractivity contribution in [3.05, 3.63) is 78.9 Å². The van der Waals surface area contributed by atoms with Gasteiger partial charge in [0, 0.05) is 5.69 Å².